The predicted octanol–water partition coefficient (Wildman–Crippen LogP) is 2.94. The summed E-state index contributed by atoms with van der Waals surface area (Å²) in [5.41, 5.74) is 2.06. The van der Waals surface area contributed by atoms with Crippen molar-refractivity contribution in [2.75, 3.05) is 11.4 Å². The fourth-order valence-corrected chi connectivity index (χ4v) is 2.36. The van der Waals surface area contributed by atoms with Crippen molar-refractivity contribution in [3.63, 3.8) is 0 Å². The lowest BCUT2D eigenvalue weighted by Crippen LogP contribution is -2.38. The molecule has 0 radical (unpaired) electrons. The average molecular weight is 200 g/mol. The second-order valence-electron chi connectivity index (χ2n) is 4.70. The van der Waals surface area contributed by atoms with Crippen molar-refractivity contribution in [2.45, 2.75) is 32.2 Å². The lowest BCUT2D eigenvalue weighted by molar-refractivity contribution is 0.517. The maximum atomic E-state index is 9.07. The van der Waals surface area contributed by atoms with Gasteiger partial charge in [0.1, 0.15) is 6.07 Å². The van der Waals surface area contributed by atoms with Crippen molar-refractivity contribution in [2.24, 2.45) is 0 Å². The van der Waals surface area contributed by atoms with Crippen LogP contribution in [0, 0.1) is 11.3 Å². The number of nitrogens with zero attached hydrogens (tertiary/aromatic N) is 2. The summed E-state index contributed by atoms with van der Waals surface area (Å²) in [6.07, 6.45) is 2.42. The predicted molar refractivity (Wildman–Crippen MR) is 61.8 cm³/mol. The molecular weight excluding hydrogens is 184 g/mol. The van der Waals surface area contributed by atoms with E-state index in [0.29, 0.717) is 0 Å². The van der Waals surface area contributed by atoms with Crippen molar-refractivity contribution in [1.29, 1.82) is 5.26 Å². The Morgan fingerprint density at radius 1 is 1.33 bits per heavy atom. The Labute approximate surface area is 91.1 Å². The van der Waals surface area contributed by atoms with Crippen molar-refractivity contribution >= 4 is 5.69 Å². The van der Waals surface area contributed by atoms with Gasteiger partial charge < -0.3 is 4.90 Å². The lowest BCUT2D eigenvalue weighted by atomic mass is 10.0. The number of nitriles is 1. The highest BCUT2D eigenvalue weighted by Gasteiger charge is 2.32. The molecule has 0 atom stereocenters. The van der Waals surface area contributed by atoms with Gasteiger partial charge in [-0.2, -0.15) is 5.26 Å². The third-order valence-corrected chi connectivity index (χ3v) is 3.22. The smallest absolute Gasteiger partial charge is 0.101 e. The van der Waals surface area contributed by atoms with Gasteiger partial charge in [0.05, 0.1) is 11.3 Å². The van der Waals surface area contributed by atoms with Gasteiger partial charge in [0.15, 0.2) is 0 Å². The minimum Gasteiger partial charge on any atom is -0.365 e. The fraction of sp³-hybridized carbons (Fsp3) is 0.462. The van der Waals surface area contributed by atoms with Gasteiger partial charge in [0, 0.05) is 12.1 Å². The number of anilines is 1. The molecule has 1 heterocycles. The molecule has 0 N–H and O–H groups in total. The van der Waals surface area contributed by atoms with Gasteiger partial charge >= 0.3 is 0 Å². The zero-order chi connectivity index (χ0) is 10.9. The molecule has 2 nitrogen and oxygen atoms in total. The van der Waals surface area contributed by atoms with Crippen LogP contribution >= 0.6 is 0 Å². The molecule has 0 spiro atoms. The summed E-state index contributed by atoms with van der Waals surface area (Å²) in [5.74, 6) is 0. The van der Waals surface area contributed by atoms with Crippen molar-refractivity contribution < 1.29 is 0 Å². The zero-order valence-electron chi connectivity index (χ0n) is 9.33. The van der Waals surface area contributed by atoms with E-state index in [2.05, 4.69) is 24.8 Å². The molecule has 1 aromatic rings. The molecule has 0 unspecified atom stereocenters. The Bertz CT molecular complexity index is 401. The SMILES string of the molecule is CC1(C)CCCN1c1ccccc1C#N. The van der Waals surface area contributed by atoms with Crippen LogP contribution in [-0.4, -0.2) is 12.1 Å². The normalized spacial score (nSPS) is 18.9. The molecule has 0 amide bonds. The zero-order valence-corrected chi connectivity index (χ0v) is 9.33. The maximum absolute atomic E-state index is 9.07. The summed E-state index contributed by atoms with van der Waals surface area (Å²) in [4.78, 5) is 2.35. The summed E-state index contributed by atoms with van der Waals surface area (Å²) in [5, 5.41) is 9.07. The molecule has 1 fully saturated rings. The van der Waals surface area contributed by atoms with Gasteiger partial charge in [-0.25, -0.2) is 0 Å². The Hall–Kier alpha value is -1.49. The minimum absolute atomic E-state index is 0.187. The highest BCUT2D eigenvalue weighted by atomic mass is 15.2. The number of benzene rings is 1. The standard InChI is InChI=1S/C13H16N2/c1-13(2)8-5-9-15(13)12-7-4-3-6-11(12)10-14/h3-4,6-7H,5,8-9H2,1-2H3. The van der Waals surface area contributed by atoms with E-state index in [9.17, 15) is 0 Å². The van der Waals surface area contributed by atoms with Crippen LogP contribution in [0.1, 0.15) is 32.3 Å². The fourth-order valence-electron chi connectivity index (χ4n) is 2.36. The molecule has 1 aromatic carbocycles. The van der Waals surface area contributed by atoms with Gasteiger partial charge in [-0.15, -0.1) is 0 Å². The summed E-state index contributed by atoms with van der Waals surface area (Å²) >= 11 is 0. The Morgan fingerprint density at radius 2 is 2.07 bits per heavy atom. The highest BCUT2D eigenvalue weighted by Crippen LogP contribution is 2.34. The molecule has 1 saturated heterocycles. The Morgan fingerprint density at radius 3 is 2.67 bits per heavy atom. The van der Waals surface area contributed by atoms with E-state index in [-0.39, 0.29) is 5.54 Å². The van der Waals surface area contributed by atoms with Gasteiger partial charge in [-0.1, -0.05) is 12.1 Å². The summed E-state index contributed by atoms with van der Waals surface area (Å²) in [7, 11) is 0. The van der Waals surface area contributed by atoms with Crippen LogP contribution in [0.25, 0.3) is 0 Å². The first-order valence-electron chi connectivity index (χ1n) is 5.42. The Balaban J connectivity index is 2.42. The molecular formula is C13H16N2. The molecule has 15 heavy (non-hydrogen) atoms. The van der Waals surface area contributed by atoms with E-state index >= 15 is 0 Å². The van der Waals surface area contributed by atoms with Crippen molar-refractivity contribution in [1.82, 2.24) is 0 Å². The topological polar surface area (TPSA) is 27.0 Å². The average Bonchev–Trinajstić information content (AvgIpc) is 2.58. The number of para-hydroxylation sites is 1. The molecule has 0 aromatic heterocycles. The first-order chi connectivity index (χ1) is 7.15. The molecule has 1 aliphatic rings. The molecule has 1 aliphatic heterocycles. The first kappa shape index (κ1) is 10.0. The van der Waals surface area contributed by atoms with Crippen LogP contribution in [0.3, 0.4) is 0 Å². The molecule has 0 bridgehead atoms. The number of hydrogen-bond acceptors (Lipinski definition) is 2. The third-order valence-electron chi connectivity index (χ3n) is 3.22. The van der Waals surface area contributed by atoms with Gasteiger partial charge in [-0.05, 0) is 38.8 Å². The molecule has 0 aliphatic carbocycles. The molecule has 0 saturated carbocycles. The molecule has 2 heteroatoms. The highest BCUT2D eigenvalue weighted by molar-refractivity contribution is 5.61. The van der Waals surface area contributed by atoms with E-state index in [4.69, 9.17) is 5.26 Å². The van der Waals surface area contributed by atoms with Gasteiger partial charge in [0.25, 0.3) is 0 Å². The van der Waals surface area contributed by atoms with E-state index in [1.54, 1.807) is 0 Å². The quantitative estimate of drug-likeness (QED) is 0.697. The summed E-state index contributed by atoms with van der Waals surface area (Å²) in [6, 6.07) is 10.1. The monoisotopic (exact) mass is 200 g/mol. The van der Waals surface area contributed by atoms with E-state index in [1.165, 1.54) is 12.8 Å². The van der Waals surface area contributed by atoms with Gasteiger partial charge in [-0.3, -0.25) is 0 Å². The van der Waals surface area contributed by atoms with Crippen LogP contribution in [0.5, 0.6) is 0 Å². The van der Waals surface area contributed by atoms with Crippen LogP contribution in [0.15, 0.2) is 24.3 Å². The van der Waals surface area contributed by atoms with Crippen molar-refractivity contribution in [3.8, 4) is 6.07 Å². The van der Waals surface area contributed by atoms with Crippen LogP contribution in [-0.2, 0) is 0 Å². The van der Waals surface area contributed by atoms with Crippen LogP contribution < -0.4 is 4.90 Å². The second-order valence-corrected chi connectivity index (χ2v) is 4.70. The Kier molecular flexibility index (Phi) is 2.40. The van der Waals surface area contributed by atoms with Gasteiger partial charge in [0.2, 0.25) is 0 Å². The molecule has 78 valence electrons. The first-order valence-corrected chi connectivity index (χ1v) is 5.42. The summed E-state index contributed by atoms with van der Waals surface area (Å²) < 4.78 is 0. The van der Waals surface area contributed by atoms with Crippen LogP contribution in [0.2, 0.25) is 0 Å². The van der Waals surface area contributed by atoms with Crippen molar-refractivity contribution in [3.05, 3.63) is 29.8 Å². The molecule has 2 rings (SSSR count). The summed E-state index contributed by atoms with van der Waals surface area (Å²) in [6.45, 7) is 5.55. The number of rotatable bonds is 1. The number of hydrogen-bond donors (Lipinski definition) is 0. The van der Waals surface area contributed by atoms with Crippen LogP contribution in [0.4, 0.5) is 5.69 Å². The lowest BCUT2D eigenvalue weighted by Gasteiger charge is -2.34. The largest absolute Gasteiger partial charge is 0.365 e. The van der Waals surface area contributed by atoms with E-state index in [0.717, 1.165) is 17.8 Å². The third kappa shape index (κ3) is 1.70. The minimum atomic E-state index is 0.187. The maximum Gasteiger partial charge on any atom is 0.101 e. The second kappa shape index (κ2) is 3.58. The van der Waals surface area contributed by atoms with E-state index < -0.39 is 0 Å². The van der Waals surface area contributed by atoms with E-state index in [1.807, 2.05) is 24.3 Å².